The van der Waals surface area contributed by atoms with Gasteiger partial charge in [-0.2, -0.15) is 0 Å². The Labute approximate surface area is 120 Å². The van der Waals surface area contributed by atoms with E-state index in [0.29, 0.717) is 6.42 Å². The zero-order chi connectivity index (χ0) is 13.9. The predicted molar refractivity (Wildman–Crippen MR) is 78.5 cm³/mol. The van der Waals surface area contributed by atoms with Crippen LogP contribution in [0.1, 0.15) is 5.56 Å². The average molecular weight is 341 g/mol. The van der Waals surface area contributed by atoms with Crippen molar-refractivity contribution >= 4 is 31.5 Å². The summed E-state index contributed by atoms with van der Waals surface area (Å²) in [5, 5.41) is 0. The maximum Gasteiger partial charge on any atom is 0.180 e. The molecular formula is C13H13BrN2O2S. The second kappa shape index (κ2) is 5.71. The van der Waals surface area contributed by atoms with Crippen LogP contribution in [-0.2, 0) is 16.3 Å². The summed E-state index contributed by atoms with van der Waals surface area (Å²) in [6, 6.07) is 8.44. The molecule has 1 heterocycles. The molecule has 0 bridgehead atoms. The maximum atomic E-state index is 12.2. The number of aryl methyl sites for hydroxylation is 1. The van der Waals surface area contributed by atoms with Gasteiger partial charge in [-0.25, -0.2) is 8.42 Å². The van der Waals surface area contributed by atoms with Crippen molar-refractivity contribution in [2.75, 3.05) is 11.5 Å². The largest absolute Gasteiger partial charge is 0.398 e. The van der Waals surface area contributed by atoms with Gasteiger partial charge in [-0.05, 0) is 36.2 Å². The molecule has 2 rings (SSSR count). The normalized spacial score (nSPS) is 11.4. The van der Waals surface area contributed by atoms with Gasteiger partial charge in [0.25, 0.3) is 0 Å². The topological polar surface area (TPSA) is 73.1 Å². The lowest BCUT2D eigenvalue weighted by molar-refractivity contribution is 0.595. The molecule has 1 aromatic heterocycles. The number of halogens is 1. The van der Waals surface area contributed by atoms with Gasteiger partial charge in [0.1, 0.15) is 0 Å². The number of aromatic nitrogens is 1. The number of nitrogens with two attached hydrogens (primary N) is 1. The number of hydrogen-bond acceptors (Lipinski definition) is 4. The fourth-order valence-electron chi connectivity index (χ4n) is 1.71. The second-order valence-electron chi connectivity index (χ2n) is 4.11. The fraction of sp³-hybridized carbons (Fsp3) is 0.154. The van der Waals surface area contributed by atoms with Crippen molar-refractivity contribution in [1.29, 1.82) is 0 Å². The molecule has 0 unspecified atom stereocenters. The van der Waals surface area contributed by atoms with E-state index in [0.717, 1.165) is 10.0 Å². The number of nitrogens with zero attached hydrogens (tertiary/aromatic N) is 1. The number of anilines is 1. The number of benzene rings is 1. The fourth-order valence-corrected chi connectivity index (χ4v) is 3.51. The number of nitrogen functional groups attached to an aromatic ring is 1. The van der Waals surface area contributed by atoms with Crippen LogP contribution in [0, 0.1) is 0 Å². The number of sulfone groups is 1. The van der Waals surface area contributed by atoms with Crippen LogP contribution in [-0.4, -0.2) is 19.2 Å². The maximum absolute atomic E-state index is 12.2. The van der Waals surface area contributed by atoms with E-state index in [-0.39, 0.29) is 16.3 Å². The van der Waals surface area contributed by atoms with Crippen molar-refractivity contribution in [3.8, 4) is 0 Å². The van der Waals surface area contributed by atoms with Gasteiger partial charge in [0, 0.05) is 16.9 Å². The van der Waals surface area contributed by atoms with Gasteiger partial charge < -0.3 is 5.73 Å². The minimum Gasteiger partial charge on any atom is -0.398 e. The Kier molecular flexibility index (Phi) is 4.21. The lowest BCUT2D eigenvalue weighted by Gasteiger charge is -2.07. The smallest absolute Gasteiger partial charge is 0.180 e. The molecule has 0 saturated heterocycles. The van der Waals surface area contributed by atoms with Gasteiger partial charge in [-0.15, -0.1) is 0 Å². The number of hydrogen-bond donors (Lipinski definition) is 1. The molecule has 100 valence electrons. The third-order valence-electron chi connectivity index (χ3n) is 2.69. The molecule has 0 atom stereocenters. The van der Waals surface area contributed by atoms with E-state index >= 15 is 0 Å². The Bertz CT molecular complexity index is 672. The molecule has 0 aliphatic heterocycles. The van der Waals surface area contributed by atoms with Crippen molar-refractivity contribution in [1.82, 2.24) is 4.98 Å². The van der Waals surface area contributed by atoms with Crippen molar-refractivity contribution in [3.05, 3.63) is 52.8 Å². The summed E-state index contributed by atoms with van der Waals surface area (Å²) < 4.78 is 25.2. The van der Waals surface area contributed by atoms with Crippen LogP contribution in [0.4, 0.5) is 5.69 Å². The number of pyridine rings is 1. The molecule has 0 spiro atoms. The third kappa shape index (κ3) is 3.54. The van der Waals surface area contributed by atoms with Gasteiger partial charge in [-0.1, -0.05) is 22.0 Å². The first kappa shape index (κ1) is 14.0. The summed E-state index contributed by atoms with van der Waals surface area (Å²) in [4.78, 5) is 4.14. The molecule has 19 heavy (non-hydrogen) atoms. The first-order valence-electron chi connectivity index (χ1n) is 5.66. The van der Waals surface area contributed by atoms with E-state index in [9.17, 15) is 8.42 Å². The van der Waals surface area contributed by atoms with Crippen molar-refractivity contribution in [3.63, 3.8) is 0 Å². The van der Waals surface area contributed by atoms with Gasteiger partial charge >= 0.3 is 0 Å². The van der Waals surface area contributed by atoms with Crippen LogP contribution in [0.15, 0.2) is 52.1 Å². The molecule has 6 heteroatoms. The Morgan fingerprint density at radius 1 is 1.26 bits per heavy atom. The molecule has 2 N–H and O–H groups in total. The van der Waals surface area contributed by atoms with Crippen molar-refractivity contribution in [2.45, 2.75) is 11.3 Å². The minimum atomic E-state index is -3.38. The zero-order valence-corrected chi connectivity index (χ0v) is 12.5. The highest BCUT2D eigenvalue weighted by molar-refractivity contribution is 9.10. The first-order chi connectivity index (χ1) is 8.99. The Morgan fingerprint density at radius 3 is 2.68 bits per heavy atom. The SMILES string of the molecule is Nc1cc(Br)ccc1S(=O)(=O)CCc1cccnc1. The average Bonchev–Trinajstić information content (AvgIpc) is 2.37. The molecule has 0 saturated carbocycles. The summed E-state index contributed by atoms with van der Waals surface area (Å²) in [5.41, 5.74) is 6.91. The van der Waals surface area contributed by atoms with Crippen LogP contribution in [0.5, 0.6) is 0 Å². The molecule has 4 nitrogen and oxygen atoms in total. The highest BCUT2D eigenvalue weighted by Gasteiger charge is 2.17. The molecule has 1 aromatic carbocycles. The molecule has 0 aliphatic carbocycles. The highest BCUT2D eigenvalue weighted by atomic mass is 79.9. The number of rotatable bonds is 4. The van der Waals surface area contributed by atoms with E-state index in [2.05, 4.69) is 20.9 Å². The van der Waals surface area contributed by atoms with Gasteiger partial charge in [-0.3, -0.25) is 4.98 Å². The minimum absolute atomic E-state index is 0.0184. The summed E-state index contributed by atoms with van der Waals surface area (Å²) in [6.07, 6.45) is 3.75. The van der Waals surface area contributed by atoms with Crippen LogP contribution >= 0.6 is 15.9 Å². The van der Waals surface area contributed by atoms with Crippen LogP contribution in [0.25, 0.3) is 0 Å². The van der Waals surface area contributed by atoms with Crippen molar-refractivity contribution < 1.29 is 8.42 Å². The predicted octanol–water partition coefficient (Wildman–Crippen LogP) is 2.44. The van der Waals surface area contributed by atoms with E-state index in [1.54, 1.807) is 30.6 Å². The molecular weight excluding hydrogens is 328 g/mol. The zero-order valence-electron chi connectivity index (χ0n) is 10.1. The lowest BCUT2D eigenvalue weighted by atomic mass is 10.2. The van der Waals surface area contributed by atoms with Crippen LogP contribution in [0.2, 0.25) is 0 Å². The molecule has 2 aromatic rings. The van der Waals surface area contributed by atoms with Crippen molar-refractivity contribution in [2.24, 2.45) is 0 Å². The summed E-state index contributed by atoms with van der Waals surface area (Å²) in [5.74, 6) is 0.0184. The lowest BCUT2D eigenvalue weighted by Crippen LogP contribution is -2.11. The standard InChI is InChI=1S/C13H13BrN2O2S/c14-11-3-4-13(12(15)8-11)19(17,18)7-5-10-2-1-6-16-9-10/h1-4,6,8-9H,5,7,15H2. The van der Waals surface area contributed by atoms with Crippen LogP contribution < -0.4 is 5.73 Å². The quantitative estimate of drug-likeness (QED) is 0.867. The highest BCUT2D eigenvalue weighted by Crippen LogP contribution is 2.24. The van der Waals surface area contributed by atoms with Gasteiger partial charge in [0.15, 0.2) is 9.84 Å². The first-order valence-corrected chi connectivity index (χ1v) is 8.10. The van der Waals surface area contributed by atoms with E-state index in [1.165, 1.54) is 6.07 Å². The monoisotopic (exact) mass is 340 g/mol. The molecule has 0 amide bonds. The Hall–Kier alpha value is -1.40. The molecule has 0 fully saturated rings. The summed E-state index contributed by atoms with van der Waals surface area (Å²) in [7, 11) is -3.38. The van der Waals surface area contributed by atoms with Gasteiger partial charge in [0.05, 0.1) is 16.3 Å². The van der Waals surface area contributed by atoms with Gasteiger partial charge in [0.2, 0.25) is 0 Å². The second-order valence-corrected chi connectivity index (χ2v) is 7.11. The molecule has 0 radical (unpaired) electrons. The molecule has 0 aliphatic rings. The third-order valence-corrected chi connectivity index (χ3v) is 4.97. The van der Waals surface area contributed by atoms with E-state index in [4.69, 9.17) is 5.73 Å². The Morgan fingerprint density at radius 2 is 2.05 bits per heavy atom. The van der Waals surface area contributed by atoms with Crippen LogP contribution in [0.3, 0.4) is 0 Å². The Balaban J connectivity index is 2.19. The summed E-state index contributed by atoms with van der Waals surface area (Å²) >= 11 is 3.26. The summed E-state index contributed by atoms with van der Waals surface area (Å²) in [6.45, 7) is 0. The van der Waals surface area contributed by atoms with E-state index in [1.807, 2.05) is 6.07 Å². The van der Waals surface area contributed by atoms with E-state index < -0.39 is 9.84 Å².